The van der Waals surface area contributed by atoms with Crippen LogP contribution in [0.2, 0.25) is 0 Å². The molecule has 0 aliphatic carbocycles. The molecule has 0 aliphatic heterocycles. The Morgan fingerprint density at radius 1 is 1.36 bits per heavy atom. The zero-order valence-corrected chi connectivity index (χ0v) is 7.42. The van der Waals surface area contributed by atoms with Crippen molar-refractivity contribution in [3.05, 3.63) is 33.1 Å². The molecule has 0 saturated heterocycles. The van der Waals surface area contributed by atoms with Crippen LogP contribution in [0.5, 0.6) is 0 Å². The van der Waals surface area contributed by atoms with Gasteiger partial charge in [0.05, 0.1) is 5.69 Å². The van der Waals surface area contributed by atoms with Gasteiger partial charge in [0.15, 0.2) is 0 Å². The van der Waals surface area contributed by atoms with Crippen molar-refractivity contribution in [1.82, 2.24) is 15.0 Å². The van der Waals surface area contributed by atoms with Gasteiger partial charge in [-0.3, -0.25) is 14.8 Å². The van der Waals surface area contributed by atoms with E-state index in [4.69, 9.17) is 0 Å². The van der Waals surface area contributed by atoms with Gasteiger partial charge in [0.1, 0.15) is 11.0 Å². The number of nitrogens with one attached hydrogen (secondary N) is 3. The lowest BCUT2D eigenvalue weighted by molar-refractivity contribution is 1.06. The molecule has 0 radical (unpaired) electrons. The Labute approximate surface area is 78.0 Å². The molecule has 14 heavy (non-hydrogen) atoms. The van der Waals surface area contributed by atoms with E-state index in [1.165, 1.54) is 6.20 Å². The first kappa shape index (κ1) is 8.49. The Morgan fingerprint density at radius 2 is 2.14 bits per heavy atom. The third-order valence-corrected chi connectivity index (χ3v) is 1.91. The summed E-state index contributed by atoms with van der Waals surface area (Å²) in [7, 11) is 1.69. The van der Waals surface area contributed by atoms with E-state index < -0.39 is 11.2 Å². The van der Waals surface area contributed by atoms with E-state index in [0.29, 0.717) is 11.1 Å². The molecule has 0 aliphatic rings. The molecule has 2 aromatic rings. The summed E-state index contributed by atoms with van der Waals surface area (Å²) in [5.74, 6) is 0. The molecule has 2 rings (SSSR count). The van der Waals surface area contributed by atoms with Gasteiger partial charge in [-0.2, -0.15) is 0 Å². The molecule has 2 aromatic heterocycles. The summed E-state index contributed by atoms with van der Waals surface area (Å²) in [6.45, 7) is 0. The Kier molecular flexibility index (Phi) is 1.81. The van der Waals surface area contributed by atoms with Gasteiger partial charge in [-0.05, 0) is 6.07 Å². The second kappa shape index (κ2) is 2.99. The summed E-state index contributed by atoms with van der Waals surface area (Å²) >= 11 is 0. The Morgan fingerprint density at radius 3 is 2.86 bits per heavy atom. The van der Waals surface area contributed by atoms with Crippen LogP contribution in [0.3, 0.4) is 0 Å². The Balaban J connectivity index is 3.02. The fourth-order valence-corrected chi connectivity index (χ4v) is 1.30. The summed E-state index contributed by atoms with van der Waals surface area (Å²) in [5, 5.41) is 3.20. The molecule has 72 valence electrons. The summed E-state index contributed by atoms with van der Waals surface area (Å²) < 4.78 is 0. The van der Waals surface area contributed by atoms with Gasteiger partial charge in [-0.1, -0.05) is 0 Å². The fraction of sp³-hybridized carbons (Fsp3) is 0.125. The molecule has 0 amide bonds. The van der Waals surface area contributed by atoms with Gasteiger partial charge in [0.2, 0.25) is 0 Å². The zero-order chi connectivity index (χ0) is 10.1. The normalized spacial score (nSPS) is 10.4. The number of nitrogens with zero attached hydrogens (tertiary/aromatic N) is 1. The third-order valence-electron chi connectivity index (χ3n) is 1.91. The lowest BCUT2D eigenvalue weighted by atomic mass is 10.3. The standard InChI is InChI=1S/C8H8N4O2/c1-9-4-2-3-10-6-5(4)7(13)12-8(14)11-6/h2-3H,1H3,(H3,9,10,11,12,13,14). The van der Waals surface area contributed by atoms with E-state index in [-0.39, 0.29) is 5.65 Å². The van der Waals surface area contributed by atoms with Crippen molar-refractivity contribution in [2.24, 2.45) is 0 Å². The van der Waals surface area contributed by atoms with Crippen molar-refractivity contribution in [3.63, 3.8) is 0 Å². The zero-order valence-electron chi connectivity index (χ0n) is 7.42. The maximum Gasteiger partial charge on any atom is 0.327 e. The van der Waals surface area contributed by atoms with Crippen LogP contribution in [0.15, 0.2) is 21.9 Å². The van der Waals surface area contributed by atoms with E-state index in [2.05, 4.69) is 20.3 Å². The highest BCUT2D eigenvalue weighted by atomic mass is 16.2. The van der Waals surface area contributed by atoms with Crippen LogP contribution in [0.25, 0.3) is 11.0 Å². The first-order valence-corrected chi connectivity index (χ1v) is 4.01. The Bertz CT molecular complexity index is 584. The van der Waals surface area contributed by atoms with Gasteiger partial charge in [-0.25, -0.2) is 9.78 Å². The minimum Gasteiger partial charge on any atom is -0.387 e. The molecule has 0 bridgehead atoms. The van der Waals surface area contributed by atoms with E-state index >= 15 is 0 Å². The second-order valence-electron chi connectivity index (χ2n) is 2.74. The molecule has 6 nitrogen and oxygen atoms in total. The van der Waals surface area contributed by atoms with Crippen molar-refractivity contribution in [2.75, 3.05) is 12.4 Å². The highest BCUT2D eigenvalue weighted by molar-refractivity contribution is 5.87. The molecule has 0 atom stereocenters. The van der Waals surface area contributed by atoms with Crippen molar-refractivity contribution in [3.8, 4) is 0 Å². The van der Waals surface area contributed by atoms with Gasteiger partial charge < -0.3 is 5.32 Å². The van der Waals surface area contributed by atoms with E-state index in [1.807, 2.05) is 0 Å². The summed E-state index contributed by atoms with van der Waals surface area (Å²) in [5.41, 5.74) is -0.0810. The van der Waals surface area contributed by atoms with E-state index in [9.17, 15) is 9.59 Å². The van der Waals surface area contributed by atoms with Crippen LogP contribution in [0.4, 0.5) is 5.69 Å². The number of rotatable bonds is 1. The third kappa shape index (κ3) is 1.17. The number of hydrogen-bond donors (Lipinski definition) is 3. The number of aromatic amines is 2. The highest BCUT2D eigenvalue weighted by Crippen LogP contribution is 2.13. The molecule has 6 heteroatoms. The van der Waals surface area contributed by atoms with Crippen LogP contribution in [0, 0.1) is 0 Å². The van der Waals surface area contributed by atoms with Gasteiger partial charge >= 0.3 is 5.69 Å². The van der Waals surface area contributed by atoms with Gasteiger partial charge in [-0.15, -0.1) is 0 Å². The molecule has 0 unspecified atom stereocenters. The van der Waals surface area contributed by atoms with Crippen molar-refractivity contribution >= 4 is 16.7 Å². The maximum atomic E-state index is 11.4. The largest absolute Gasteiger partial charge is 0.387 e. The topological polar surface area (TPSA) is 90.6 Å². The summed E-state index contributed by atoms with van der Waals surface area (Å²) in [4.78, 5) is 30.8. The molecule has 0 saturated carbocycles. The van der Waals surface area contributed by atoms with Crippen molar-refractivity contribution < 1.29 is 0 Å². The summed E-state index contributed by atoms with van der Waals surface area (Å²) in [6, 6.07) is 1.66. The Hall–Kier alpha value is -2.11. The SMILES string of the molecule is CNc1ccnc2[nH]c(=O)[nH]c(=O)c12. The monoisotopic (exact) mass is 192 g/mol. The number of anilines is 1. The predicted molar refractivity (Wildman–Crippen MR) is 52.5 cm³/mol. The maximum absolute atomic E-state index is 11.4. The van der Waals surface area contributed by atoms with Crippen molar-refractivity contribution in [1.29, 1.82) is 0 Å². The van der Waals surface area contributed by atoms with Gasteiger partial charge in [0.25, 0.3) is 5.56 Å². The van der Waals surface area contributed by atoms with Gasteiger partial charge in [0, 0.05) is 13.2 Å². The smallest absolute Gasteiger partial charge is 0.327 e. The van der Waals surface area contributed by atoms with Crippen molar-refractivity contribution in [2.45, 2.75) is 0 Å². The molecule has 0 aromatic carbocycles. The predicted octanol–water partition coefficient (Wildman–Crippen LogP) is -0.347. The first-order valence-electron chi connectivity index (χ1n) is 4.01. The lowest BCUT2D eigenvalue weighted by Crippen LogP contribution is -2.23. The molecule has 3 N–H and O–H groups in total. The van der Waals surface area contributed by atoms with Crippen LogP contribution in [-0.2, 0) is 0 Å². The number of aromatic nitrogens is 3. The average Bonchev–Trinajstić information content (AvgIpc) is 2.16. The van der Waals surface area contributed by atoms with E-state index in [1.54, 1.807) is 13.1 Å². The first-order chi connectivity index (χ1) is 6.72. The number of H-pyrrole nitrogens is 2. The minimum atomic E-state index is -0.553. The number of pyridine rings is 1. The van der Waals surface area contributed by atoms with Crippen LogP contribution in [0.1, 0.15) is 0 Å². The average molecular weight is 192 g/mol. The lowest BCUT2D eigenvalue weighted by Gasteiger charge is -2.02. The number of fused-ring (bicyclic) bond motifs is 1. The molecule has 0 fully saturated rings. The molecule has 0 spiro atoms. The highest BCUT2D eigenvalue weighted by Gasteiger charge is 2.05. The second-order valence-corrected chi connectivity index (χ2v) is 2.74. The quantitative estimate of drug-likeness (QED) is 0.576. The summed E-state index contributed by atoms with van der Waals surface area (Å²) in [6.07, 6.45) is 1.52. The molecule has 2 heterocycles. The van der Waals surface area contributed by atoms with Crippen LogP contribution < -0.4 is 16.6 Å². The van der Waals surface area contributed by atoms with E-state index in [0.717, 1.165) is 0 Å². The molecular weight excluding hydrogens is 184 g/mol. The van der Waals surface area contributed by atoms with Crippen LogP contribution >= 0.6 is 0 Å². The minimum absolute atomic E-state index is 0.283. The fourth-order valence-electron chi connectivity index (χ4n) is 1.30. The van der Waals surface area contributed by atoms with Crippen LogP contribution in [-0.4, -0.2) is 22.0 Å². The number of hydrogen-bond acceptors (Lipinski definition) is 4. The molecular formula is C8H8N4O2.